The number of benzene rings is 1. The maximum absolute atomic E-state index is 13.4. The van der Waals surface area contributed by atoms with Gasteiger partial charge in [0.15, 0.2) is 11.5 Å². The van der Waals surface area contributed by atoms with Gasteiger partial charge in [0.05, 0.1) is 27.2 Å². The van der Waals surface area contributed by atoms with Crippen LogP contribution >= 0.6 is 39.1 Å². The minimum Gasteiger partial charge on any atom is -0.330 e. The van der Waals surface area contributed by atoms with E-state index in [9.17, 15) is 23.2 Å². The third-order valence-corrected chi connectivity index (χ3v) is 4.47. The predicted octanol–water partition coefficient (Wildman–Crippen LogP) is 5.04. The number of carbonyl (C=O) groups is 1. The smallest absolute Gasteiger partial charge is 0.330 e. The lowest BCUT2D eigenvalue weighted by molar-refractivity contribution is -0.143. The van der Waals surface area contributed by atoms with Crippen LogP contribution in [0.25, 0.3) is 11.4 Å². The second-order valence-corrected chi connectivity index (χ2v) is 6.52. The summed E-state index contributed by atoms with van der Waals surface area (Å²) in [6.45, 7) is 0. The Morgan fingerprint density at radius 3 is 2.44 bits per heavy atom. The predicted molar refractivity (Wildman–Crippen MR) is 89.6 cm³/mol. The molecule has 1 amide bonds. The number of halogens is 6. The van der Waals surface area contributed by atoms with Gasteiger partial charge in [-0.1, -0.05) is 23.2 Å². The third-order valence-electron chi connectivity index (χ3n) is 3.12. The molecule has 0 bridgehead atoms. The van der Waals surface area contributed by atoms with Crippen molar-refractivity contribution in [2.75, 3.05) is 14.1 Å². The fourth-order valence-electron chi connectivity index (χ4n) is 2.05. The number of carbonyl (C=O) groups excluding carboxylic acids is 1. The van der Waals surface area contributed by atoms with E-state index in [0.29, 0.717) is 4.57 Å². The molecule has 0 atom stereocenters. The van der Waals surface area contributed by atoms with E-state index in [1.54, 1.807) is 0 Å². The van der Waals surface area contributed by atoms with Crippen molar-refractivity contribution in [2.24, 2.45) is 0 Å². The zero-order chi connectivity index (χ0) is 19.1. The number of amides is 1. The Balaban J connectivity index is 2.97. The molecular formula is C14H8BrCl2F3N4O. The molecule has 0 saturated heterocycles. The second-order valence-electron chi connectivity index (χ2n) is 4.98. The van der Waals surface area contributed by atoms with Gasteiger partial charge in [0.1, 0.15) is 4.60 Å². The molecule has 0 spiro atoms. The first kappa shape index (κ1) is 19.6. The average Bonchev–Trinajstić information content (AvgIpc) is 2.85. The lowest BCUT2D eigenvalue weighted by Crippen LogP contribution is -2.31. The topological polar surface area (TPSA) is 61.9 Å². The van der Waals surface area contributed by atoms with Gasteiger partial charge in [-0.3, -0.25) is 0 Å². The first-order chi connectivity index (χ1) is 11.5. The summed E-state index contributed by atoms with van der Waals surface area (Å²) in [6, 6.07) is 3.40. The Hall–Kier alpha value is -1.76. The van der Waals surface area contributed by atoms with Gasteiger partial charge in [-0.2, -0.15) is 18.4 Å². The highest BCUT2D eigenvalue weighted by Gasteiger charge is 2.42. The van der Waals surface area contributed by atoms with Crippen molar-refractivity contribution in [3.63, 3.8) is 0 Å². The summed E-state index contributed by atoms with van der Waals surface area (Å²) >= 11 is 14.7. The molecule has 5 nitrogen and oxygen atoms in total. The van der Waals surface area contributed by atoms with Crippen molar-refractivity contribution in [1.29, 1.82) is 5.26 Å². The Morgan fingerprint density at radius 2 is 1.96 bits per heavy atom. The number of hydrogen-bond donors (Lipinski definition) is 0. The van der Waals surface area contributed by atoms with Crippen LogP contribution in [0.4, 0.5) is 18.0 Å². The van der Waals surface area contributed by atoms with Crippen LogP contribution in [0.5, 0.6) is 0 Å². The molecule has 0 radical (unpaired) electrons. The highest BCUT2D eigenvalue weighted by molar-refractivity contribution is 9.10. The first-order valence-corrected chi connectivity index (χ1v) is 8.01. The Bertz CT molecular complexity index is 903. The maximum atomic E-state index is 13.4. The molecule has 0 aliphatic rings. The van der Waals surface area contributed by atoms with Crippen LogP contribution in [0.3, 0.4) is 0 Å². The molecule has 1 heterocycles. The van der Waals surface area contributed by atoms with Crippen molar-refractivity contribution in [3.8, 4) is 17.5 Å². The summed E-state index contributed by atoms with van der Waals surface area (Å²) < 4.78 is 40.1. The summed E-state index contributed by atoms with van der Waals surface area (Å²) in [4.78, 5) is 17.1. The van der Waals surface area contributed by atoms with E-state index < -0.39 is 28.3 Å². The number of aromatic nitrogens is 2. The molecule has 2 aromatic rings. The van der Waals surface area contributed by atoms with Gasteiger partial charge in [0.25, 0.3) is 0 Å². The number of nitrogens with zero attached hydrogens (tertiary/aromatic N) is 4. The summed E-state index contributed by atoms with van der Waals surface area (Å²) in [5.41, 5.74) is -1.56. The zero-order valence-corrected chi connectivity index (χ0v) is 15.7. The molecule has 0 saturated carbocycles. The number of hydrogen-bond acceptors (Lipinski definition) is 3. The van der Waals surface area contributed by atoms with Gasteiger partial charge in [-0.15, -0.1) is 0 Å². The highest BCUT2D eigenvalue weighted by Crippen LogP contribution is 2.42. The van der Waals surface area contributed by atoms with E-state index in [1.807, 2.05) is 6.07 Å². The van der Waals surface area contributed by atoms with Gasteiger partial charge in [0, 0.05) is 14.1 Å². The number of rotatable bonds is 1. The number of alkyl halides is 3. The van der Waals surface area contributed by atoms with E-state index in [2.05, 4.69) is 20.9 Å². The van der Waals surface area contributed by atoms with Crippen molar-refractivity contribution >= 4 is 45.2 Å². The summed E-state index contributed by atoms with van der Waals surface area (Å²) in [6.07, 6.45) is -4.88. The molecule has 2 rings (SSSR count). The van der Waals surface area contributed by atoms with Crippen molar-refractivity contribution in [2.45, 2.75) is 6.18 Å². The van der Waals surface area contributed by atoms with Crippen LogP contribution in [0.2, 0.25) is 10.0 Å². The van der Waals surface area contributed by atoms with E-state index in [0.717, 1.165) is 4.90 Å². The quantitative estimate of drug-likeness (QED) is 0.605. The lowest BCUT2D eigenvalue weighted by Gasteiger charge is -2.18. The maximum Gasteiger partial charge on any atom is 0.434 e. The molecule has 0 unspecified atom stereocenters. The van der Waals surface area contributed by atoms with E-state index >= 15 is 0 Å². The Labute approximate surface area is 158 Å². The highest BCUT2D eigenvalue weighted by atomic mass is 79.9. The SMILES string of the molecule is CN(C)C(=O)n1c(-c2c(C#N)ccc(Cl)c2Cl)nc(Br)c1C(F)(F)F. The Morgan fingerprint density at radius 1 is 1.36 bits per heavy atom. The molecule has 1 aromatic carbocycles. The third kappa shape index (κ3) is 3.47. The van der Waals surface area contributed by atoms with Crippen LogP contribution in [0.15, 0.2) is 16.7 Å². The lowest BCUT2D eigenvalue weighted by atomic mass is 10.1. The zero-order valence-electron chi connectivity index (χ0n) is 12.6. The second kappa shape index (κ2) is 6.86. The minimum atomic E-state index is -4.88. The summed E-state index contributed by atoms with van der Waals surface area (Å²) in [5.74, 6) is -0.443. The van der Waals surface area contributed by atoms with Crippen LogP contribution in [0.1, 0.15) is 11.3 Å². The van der Waals surface area contributed by atoms with Crippen LogP contribution in [-0.4, -0.2) is 34.6 Å². The molecule has 0 aliphatic heterocycles. The monoisotopic (exact) mass is 454 g/mol. The van der Waals surface area contributed by atoms with Gasteiger partial charge in [0.2, 0.25) is 0 Å². The molecule has 1 aromatic heterocycles. The molecule has 0 aliphatic carbocycles. The van der Waals surface area contributed by atoms with E-state index in [4.69, 9.17) is 23.2 Å². The average molecular weight is 456 g/mol. The fourth-order valence-corrected chi connectivity index (χ4v) is 3.03. The molecule has 11 heteroatoms. The van der Waals surface area contributed by atoms with Crippen LogP contribution < -0.4 is 0 Å². The molecule has 132 valence electrons. The van der Waals surface area contributed by atoms with Crippen LogP contribution in [0, 0.1) is 11.3 Å². The normalized spacial score (nSPS) is 11.3. The van der Waals surface area contributed by atoms with Crippen LogP contribution in [-0.2, 0) is 6.18 Å². The fraction of sp³-hybridized carbons (Fsp3) is 0.214. The first-order valence-electron chi connectivity index (χ1n) is 6.46. The largest absolute Gasteiger partial charge is 0.434 e. The van der Waals surface area contributed by atoms with E-state index in [1.165, 1.54) is 26.2 Å². The van der Waals surface area contributed by atoms with Gasteiger partial charge < -0.3 is 4.90 Å². The van der Waals surface area contributed by atoms with Gasteiger partial charge in [-0.25, -0.2) is 14.3 Å². The molecule has 0 fully saturated rings. The minimum absolute atomic E-state index is 0.00667. The van der Waals surface area contributed by atoms with Gasteiger partial charge >= 0.3 is 12.2 Å². The van der Waals surface area contributed by atoms with E-state index in [-0.39, 0.29) is 21.2 Å². The summed E-state index contributed by atoms with van der Waals surface area (Å²) in [7, 11) is 2.57. The molecular weight excluding hydrogens is 448 g/mol. The standard InChI is InChI=1S/C14H8BrCl2F3N4O/c1-23(2)13(25)24-10(14(18,19)20)11(15)22-12(24)8-6(5-21)3-4-7(16)9(8)17/h3-4H,1-2H3. The van der Waals surface area contributed by atoms with Crippen molar-refractivity contribution in [3.05, 3.63) is 38.0 Å². The molecule has 25 heavy (non-hydrogen) atoms. The van der Waals surface area contributed by atoms with Crippen molar-refractivity contribution < 1.29 is 18.0 Å². The van der Waals surface area contributed by atoms with Crippen molar-refractivity contribution in [1.82, 2.24) is 14.5 Å². The van der Waals surface area contributed by atoms with Gasteiger partial charge in [-0.05, 0) is 28.1 Å². The molecule has 0 N–H and O–H groups in total. The number of nitriles is 1. The number of imidazole rings is 1. The Kier molecular flexibility index (Phi) is 5.37. The summed E-state index contributed by atoms with van der Waals surface area (Å²) in [5, 5.41) is 9.08.